The minimum absolute atomic E-state index is 0.0606. The topological polar surface area (TPSA) is 41.5 Å². The van der Waals surface area contributed by atoms with Gasteiger partial charge in [0, 0.05) is 11.1 Å². The highest BCUT2D eigenvalue weighted by Crippen LogP contribution is 2.42. The molecule has 0 aliphatic carbocycles. The van der Waals surface area contributed by atoms with Gasteiger partial charge in [-0.15, -0.1) is 0 Å². The smallest absolute Gasteiger partial charge is 0.210 e. The second kappa shape index (κ2) is 8.41. The van der Waals surface area contributed by atoms with Crippen LogP contribution in [0.5, 0.6) is 11.5 Å². The molecule has 0 saturated heterocycles. The third kappa shape index (κ3) is 4.78. The molecule has 3 nitrogen and oxygen atoms in total. The third-order valence-electron chi connectivity index (χ3n) is 5.35. The second-order valence-electron chi connectivity index (χ2n) is 7.87. The summed E-state index contributed by atoms with van der Waals surface area (Å²) in [7, 11) is -2.32. The highest BCUT2D eigenvalue weighted by Gasteiger charge is 2.24. The Hall–Kier alpha value is -1.57. The average Bonchev–Trinajstić information content (AvgIpc) is 2.62. The molecule has 0 amide bonds. The fourth-order valence-corrected chi connectivity index (χ4v) is 3.45. The Morgan fingerprint density at radius 1 is 0.731 bits per heavy atom. The molecule has 4 heteroatoms. The van der Waals surface area contributed by atoms with Crippen LogP contribution in [0.3, 0.4) is 0 Å². The normalized spacial score (nSPS) is 12.3. The van der Waals surface area contributed by atoms with Crippen LogP contribution < -0.4 is 13.9 Å². The van der Waals surface area contributed by atoms with E-state index in [0.29, 0.717) is 11.5 Å². The van der Waals surface area contributed by atoms with Crippen molar-refractivity contribution in [1.29, 1.82) is 0 Å². The molecule has 142 valence electrons. The standard InChI is InChI=1S/C22H30O3P/c1-7-21(3,4)17-13-9-11-15-19(17)24-26(23)25-20-16-12-10-14-18(20)22(5,6)8-2/h9-16H,7-8H2,1-6H3/q-1. The van der Waals surface area contributed by atoms with E-state index >= 15 is 0 Å². The van der Waals surface area contributed by atoms with Gasteiger partial charge < -0.3 is 13.9 Å². The zero-order valence-corrected chi connectivity index (χ0v) is 17.6. The molecule has 0 radical (unpaired) electrons. The zero-order chi connectivity index (χ0) is 19.4. The summed E-state index contributed by atoms with van der Waals surface area (Å²) >= 11 is 0. The molecule has 0 unspecified atom stereocenters. The van der Waals surface area contributed by atoms with Crippen LogP contribution in [0.1, 0.15) is 65.5 Å². The quantitative estimate of drug-likeness (QED) is 0.525. The monoisotopic (exact) mass is 373 g/mol. The van der Waals surface area contributed by atoms with Gasteiger partial charge in [0.1, 0.15) is 11.5 Å². The first kappa shape index (κ1) is 20.7. The first-order valence-electron chi connectivity index (χ1n) is 9.23. The van der Waals surface area contributed by atoms with Crippen LogP contribution in [-0.2, 0) is 10.8 Å². The Morgan fingerprint density at radius 3 is 1.42 bits per heavy atom. The van der Waals surface area contributed by atoms with Gasteiger partial charge in [-0.25, -0.2) is 0 Å². The molecule has 0 saturated carbocycles. The van der Waals surface area contributed by atoms with Crippen LogP contribution in [0.4, 0.5) is 0 Å². The number of hydrogen-bond acceptors (Lipinski definition) is 3. The minimum atomic E-state index is -2.32. The van der Waals surface area contributed by atoms with Gasteiger partial charge in [0.2, 0.25) is 8.60 Å². The van der Waals surface area contributed by atoms with Crippen molar-refractivity contribution >= 4 is 8.60 Å². The van der Waals surface area contributed by atoms with Crippen LogP contribution in [0.25, 0.3) is 0 Å². The average molecular weight is 373 g/mol. The summed E-state index contributed by atoms with van der Waals surface area (Å²) in [4.78, 5) is 12.6. The molecular weight excluding hydrogens is 343 g/mol. The van der Waals surface area contributed by atoms with Crippen molar-refractivity contribution in [3.05, 3.63) is 59.7 Å². The SMILES string of the molecule is CCC(C)(C)c1ccccc1OP([O-])Oc1ccccc1C(C)(C)CC. The lowest BCUT2D eigenvalue weighted by molar-refractivity contribution is -0.189. The van der Waals surface area contributed by atoms with Crippen molar-refractivity contribution in [2.24, 2.45) is 0 Å². The van der Waals surface area contributed by atoms with Gasteiger partial charge >= 0.3 is 0 Å². The van der Waals surface area contributed by atoms with E-state index in [9.17, 15) is 4.89 Å². The molecule has 2 rings (SSSR count). The maximum absolute atomic E-state index is 12.6. The van der Waals surface area contributed by atoms with Gasteiger partial charge in [0.15, 0.2) is 0 Å². The van der Waals surface area contributed by atoms with Gasteiger partial charge in [0.05, 0.1) is 0 Å². The number of para-hydroxylation sites is 2. The lowest BCUT2D eigenvalue weighted by atomic mass is 9.82. The van der Waals surface area contributed by atoms with Gasteiger partial charge in [-0.05, 0) is 35.8 Å². The fraction of sp³-hybridized carbons (Fsp3) is 0.455. The van der Waals surface area contributed by atoms with Crippen LogP contribution in [0.15, 0.2) is 48.5 Å². The van der Waals surface area contributed by atoms with Crippen molar-refractivity contribution in [1.82, 2.24) is 0 Å². The van der Waals surface area contributed by atoms with Crippen LogP contribution >= 0.6 is 8.60 Å². The molecule has 0 bridgehead atoms. The minimum Gasteiger partial charge on any atom is -0.765 e. The van der Waals surface area contributed by atoms with Gasteiger partial charge in [-0.3, -0.25) is 0 Å². The predicted molar refractivity (Wildman–Crippen MR) is 108 cm³/mol. The van der Waals surface area contributed by atoms with Gasteiger partial charge in [-0.1, -0.05) is 77.9 Å². The van der Waals surface area contributed by atoms with Crippen molar-refractivity contribution in [2.45, 2.75) is 65.2 Å². The van der Waals surface area contributed by atoms with E-state index in [2.05, 4.69) is 41.5 Å². The molecule has 0 fully saturated rings. The van der Waals surface area contributed by atoms with E-state index in [1.807, 2.05) is 48.5 Å². The molecule has 0 spiro atoms. The van der Waals surface area contributed by atoms with Crippen molar-refractivity contribution < 1.29 is 13.9 Å². The number of hydrogen-bond donors (Lipinski definition) is 0. The second-order valence-corrected chi connectivity index (χ2v) is 8.69. The van der Waals surface area contributed by atoms with Crippen molar-refractivity contribution in [3.8, 4) is 11.5 Å². The van der Waals surface area contributed by atoms with E-state index in [0.717, 1.165) is 24.0 Å². The molecule has 0 aliphatic rings. The molecule has 26 heavy (non-hydrogen) atoms. The Labute approximate surface area is 159 Å². The first-order chi connectivity index (χ1) is 12.2. The molecule has 0 heterocycles. The van der Waals surface area contributed by atoms with E-state index in [1.54, 1.807) is 0 Å². The lowest BCUT2D eigenvalue weighted by Crippen LogP contribution is -2.19. The van der Waals surface area contributed by atoms with Crippen molar-refractivity contribution in [2.75, 3.05) is 0 Å². The van der Waals surface area contributed by atoms with E-state index < -0.39 is 8.60 Å². The van der Waals surface area contributed by atoms with E-state index in [4.69, 9.17) is 9.05 Å². The molecule has 0 aliphatic heterocycles. The first-order valence-corrected chi connectivity index (χ1v) is 10.3. The van der Waals surface area contributed by atoms with E-state index in [1.165, 1.54) is 0 Å². The Bertz CT molecular complexity index is 663. The van der Waals surface area contributed by atoms with Crippen LogP contribution in [0, 0.1) is 0 Å². The summed E-state index contributed by atoms with van der Waals surface area (Å²) in [5, 5.41) is 0. The summed E-state index contributed by atoms with van der Waals surface area (Å²) in [6, 6.07) is 15.5. The fourth-order valence-electron chi connectivity index (χ4n) is 2.77. The van der Waals surface area contributed by atoms with Crippen molar-refractivity contribution in [3.63, 3.8) is 0 Å². The lowest BCUT2D eigenvalue weighted by Gasteiger charge is -2.31. The highest BCUT2D eigenvalue weighted by atomic mass is 31.2. The molecule has 0 atom stereocenters. The molecular formula is C22H30O3P-. The summed E-state index contributed by atoms with van der Waals surface area (Å²) in [5.74, 6) is 1.24. The Kier molecular flexibility index (Phi) is 6.71. The summed E-state index contributed by atoms with van der Waals surface area (Å²) in [6.07, 6.45) is 1.91. The largest absolute Gasteiger partial charge is 0.765 e. The molecule has 2 aromatic rings. The molecule has 2 aromatic carbocycles. The number of rotatable bonds is 8. The molecule has 0 N–H and O–H groups in total. The predicted octanol–water partition coefficient (Wildman–Crippen LogP) is 6.11. The number of benzene rings is 2. The van der Waals surface area contributed by atoms with Gasteiger partial charge in [-0.2, -0.15) is 0 Å². The summed E-state index contributed by atoms with van der Waals surface area (Å²) < 4.78 is 11.5. The molecule has 0 aromatic heterocycles. The zero-order valence-electron chi connectivity index (χ0n) is 16.7. The van der Waals surface area contributed by atoms with Gasteiger partial charge in [0.25, 0.3) is 0 Å². The summed E-state index contributed by atoms with van der Waals surface area (Å²) in [5.41, 5.74) is 1.96. The Morgan fingerprint density at radius 2 is 1.08 bits per heavy atom. The highest BCUT2D eigenvalue weighted by molar-refractivity contribution is 7.39. The maximum atomic E-state index is 12.6. The summed E-state index contributed by atoms with van der Waals surface area (Å²) in [6.45, 7) is 12.9. The van der Waals surface area contributed by atoms with E-state index in [-0.39, 0.29) is 10.8 Å². The maximum Gasteiger partial charge on any atom is 0.210 e. The Balaban J connectivity index is 2.23. The third-order valence-corrected chi connectivity index (χ3v) is 6.04. The van der Waals surface area contributed by atoms with Crippen LogP contribution in [0.2, 0.25) is 0 Å². The van der Waals surface area contributed by atoms with Crippen LogP contribution in [-0.4, -0.2) is 0 Å².